The lowest BCUT2D eigenvalue weighted by Crippen LogP contribution is -2.33. The number of hydrogen-bond donors (Lipinski definition) is 1. The molecular weight excluding hydrogens is 353 g/mol. The summed E-state index contributed by atoms with van der Waals surface area (Å²) in [5.74, 6) is 0.654. The smallest absolute Gasteiger partial charge is 0.342 e. The number of nitrogens with zero attached hydrogens (tertiary/aromatic N) is 1. The predicted molar refractivity (Wildman–Crippen MR) is 92.5 cm³/mol. The summed E-state index contributed by atoms with van der Waals surface area (Å²) in [5, 5.41) is 0. The highest BCUT2D eigenvalue weighted by Crippen LogP contribution is 2.38. The number of benzene rings is 1. The van der Waals surface area contributed by atoms with E-state index in [9.17, 15) is 18.0 Å². The molecule has 3 nitrogen and oxygen atoms in total. The van der Waals surface area contributed by atoms with Crippen LogP contribution >= 0.6 is 12.4 Å². The van der Waals surface area contributed by atoms with Crippen molar-refractivity contribution in [2.75, 3.05) is 13.1 Å². The van der Waals surface area contributed by atoms with Crippen LogP contribution in [0.5, 0.6) is 0 Å². The Bertz CT molecular complexity index is 623. The summed E-state index contributed by atoms with van der Waals surface area (Å²) in [6, 6.07) is 5.43. The van der Waals surface area contributed by atoms with E-state index in [-0.39, 0.29) is 36.7 Å². The number of amides is 1. The second-order valence-corrected chi connectivity index (χ2v) is 7.19. The Kier molecular flexibility index (Phi) is 6.05. The van der Waals surface area contributed by atoms with Gasteiger partial charge in [0, 0.05) is 25.6 Å². The number of nitrogens with two attached hydrogens (primary N) is 1. The normalized spacial score (nSPS) is 26.9. The van der Waals surface area contributed by atoms with E-state index >= 15 is 0 Å². The van der Waals surface area contributed by atoms with E-state index in [1.807, 2.05) is 4.90 Å². The molecule has 140 valence electrons. The molecule has 3 rings (SSSR count). The summed E-state index contributed by atoms with van der Waals surface area (Å²) in [6.07, 6.45) is -2.03. The van der Waals surface area contributed by atoms with Gasteiger partial charge in [-0.05, 0) is 42.2 Å². The van der Waals surface area contributed by atoms with E-state index in [0.717, 1.165) is 31.5 Å². The van der Waals surface area contributed by atoms with Gasteiger partial charge in [0.15, 0.2) is 0 Å². The molecule has 2 fully saturated rings. The predicted octanol–water partition coefficient (Wildman–Crippen LogP) is 3.82. The third kappa shape index (κ3) is 4.29. The van der Waals surface area contributed by atoms with Crippen molar-refractivity contribution in [1.29, 1.82) is 0 Å². The lowest BCUT2D eigenvalue weighted by molar-refractivity contribution is -0.137. The van der Waals surface area contributed by atoms with Gasteiger partial charge < -0.3 is 10.6 Å². The molecule has 7 heteroatoms. The number of rotatable bonds is 3. The Labute approximate surface area is 152 Å². The van der Waals surface area contributed by atoms with E-state index in [0.29, 0.717) is 23.9 Å². The lowest BCUT2D eigenvalue weighted by Gasteiger charge is -2.21. The topological polar surface area (TPSA) is 46.3 Å². The summed E-state index contributed by atoms with van der Waals surface area (Å²) in [7, 11) is 0. The van der Waals surface area contributed by atoms with Crippen LogP contribution in [0.3, 0.4) is 0 Å². The summed E-state index contributed by atoms with van der Waals surface area (Å²) >= 11 is 0. The Balaban J connectivity index is 0.00000225. The van der Waals surface area contributed by atoms with E-state index in [2.05, 4.69) is 0 Å². The van der Waals surface area contributed by atoms with Gasteiger partial charge in [-0.3, -0.25) is 4.79 Å². The Morgan fingerprint density at radius 1 is 1.32 bits per heavy atom. The fraction of sp³-hybridized carbons (Fsp3) is 0.611. The third-order valence-corrected chi connectivity index (χ3v) is 5.53. The van der Waals surface area contributed by atoms with Crippen LogP contribution in [-0.2, 0) is 11.0 Å². The number of alkyl halides is 3. The van der Waals surface area contributed by atoms with E-state index < -0.39 is 11.7 Å². The molecule has 1 amide bonds. The van der Waals surface area contributed by atoms with Crippen LogP contribution in [0.15, 0.2) is 24.3 Å². The minimum absolute atomic E-state index is 0. The molecule has 2 N–H and O–H groups in total. The molecule has 1 aliphatic heterocycles. The van der Waals surface area contributed by atoms with Crippen molar-refractivity contribution in [3.63, 3.8) is 0 Å². The fourth-order valence-corrected chi connectivity index (χ4v) is 4.04. The van der Waals surface area contributed by atoms with Crippen molar-refractivity contribution in [2.45, 2.75) is 44.3 Å². The van der Waals surface area contributed by atoms with Crippen molar-refractivity contribution in [1.82, 2.24) is 4.90 Å². The van der Waals surface area contributed by atoms with Gasteiger partial charge in [0.1, 0.15) is 0 Å². The Morgan fingerprint density at radius 3 is 2.68 bits per heavy atom. The average molecular weight is 377 g/mol. The molecule has 1 aliphatic carbocycles. The van der Waals surface area contributed by atoms with Crippen LogP contribution in [0.1, 0.15) is 43.2 Å². The highest BCUT2D eigenvalue weighted by molar-refractivity contribution is 5.85. The van der Waals surface area contributed by atoms with Crippen LogP contribution in [0.4, 0.5) is 13.2 Å². The van der Waals surface area contributed by atoms with Gasteiger partial charge in [-0.15, -0.1) is 12.4 Å². The zero-order valence-corrected chi connectivity index (χ0v) is 14.9. The summed E-state index contributed by atoms with van der Waals surface area (Å²) in [5.41, 5.74) is 5.97. The van der Waals surface area contributed by atoms with Gasteiger partial charge in [0.25, 0.3) is 0 Å². The first kappa shape index (κ1) is 20.0. The van der Waals surface area contributed by atoms with E-state index in [1.54, 1.807) is 13.0 Å². The molecule has 4 atom stereocenters. The van der Waals surface area contributed by atoms with Gasteiger partial charge >= 0.3 is 6.18 Å². The lowest BCUT2D eigenvalue weighted by atomic mass is 9.95. The second-order valence-electron chi connectivity index (χ2n) is 7.19. The van der Waals surface area contributed by atoms with Crippen LogP contribution in [-0.4, -0.2) is 29.9 Å². The maximum Gasteiger partial charge on any atom is 0.416 e. The molecule has 0 radical (unpaired) electrons. The third-order valence-electron chi connectivity index (χ3n) is 5.53. The zero-order valence-electron chi connectivity index (χ0n) is 14.1. The molecule has 0 bridgehead atoms. The van der Waals surface area contributed by atoms with Crippen molar-refractivity contribution in [3.8, 4) is 0 Å². The minimum Gasteiger partial charge on any atom is -0.342 e. The van der Waals surface area contributed by atoms with Gasteiger partial charge in [0.05, 0.1) is 5.56 Å². The monoisotopic (exact) mass is 376 g/mol. The summed E-state index contributed by atoms with van der Waals surface area (Å²) < 4.78 is 38.5. The first-order valence-corrected chi connectivity index (χ1v) is 8.46. The first-order chi connectivity index (χ1) is 11.3. The number of fused-ring (bicyclic) bond motifs is 1. The Morgan fingerprint density at radius 2 is 2.04 bits per heavy atom. The molecule has 1 saturated carbocycles. The van der Waals surface area contributed by atoms with Gasteiger partial charge in [0.2, 0.25) is 5.91 Å². The number of likely N-dealkylation sites (tertiary alicyclic amines) is 1. The summed E-state index contributed by atoms with van der Waals surface area (Å²) in [4.78, 5) is 14.4. The Hall–Kier alpha value is -1.27. The highest BCUT2D eigenvalue weighted by atomic mass is 35.5. The van der Waals surface area contributed by atoms with Gasteiger partial charge in [-0.1, -0.05) is 25.1 Å². The van der Waals surface area contributed by atoms with Crippen molar-refractivity contribution < 1.29 is 18.0 Å². The molecule has 1 heterocycles. The molecular formula is C18H24ClF3N2O. The molecule has 1 saturated heterocycles. The second kappa shape index (κ2) is 7.54. The van der Waals surface area contributed by atoms with Crippen molar-refractivity contribution in [2.24, 2.45) is 17.6 Å². The number of carbonyl (C=O) groups excluding carboxylic acids is 1. The van der Waals surface area contributed by atoms with Gasteiger partial charge in [-0.25, -0.2) is 0 Å². The zero-order chi connectivity index (χ0) is 17.5. The SMILES string of the molecule is CC(CC(=O)N1CC2CCC(N)C2C1)c1cccc(C(F)(F)F)c1.Cl. The van der Waals surface area contributed by atoms with Crippen molar-refractivity contribution >= 4 is 18.3 Å². The molecule has 1 aromatic carbocycles. The average Bonchev–Trinajstić information content (AvgIpc) is 3.09. The molecule has 25 heavy (non-hydrogen) atoms. The number of hydrogen-bond acceptors (Lipinski definition) is 2. The van der Waals surface area contributed by atoms with E-state index in [1.165, 1.54) is 6.07 Å². The van der Waals surface area contributed by atoms with Gasteiger partial charge in [-0.2, -0.15) is 13.2 Å². The maximum atomic E-state index is 12.8. The standard InChI is InChI=1S/C18H23F3N2O.ClH/c1-11(12-3-2-4-14(8-12)18(19,20)21)7-17(24)23-9-13-5-6-16(22)15(13)10-23;/h2-4,8,11,13,15-16H,5-7,9-10,22H2,1H3;1H. The molecule has 2 aliphatic rings. The van der Waals surface area contributed by atoms with E-state index in [4.69, 9.17) is 5.73 Å². The highest BCUT2D eigenvalue weighted by Gasteiger charge is 2.42. The van der Waals surface area contributed by atoms with Crippen LogP contribution in [0.2, 0.25) is 0 Å². The van der Waals surface area contributed by atoms with Crippen molar-refractivity contribution in [3.05, 3.63) is 35.4 Å². The quantitative estimate of drug-likeness (QED) is 0.871. The molecule has 0 aromatic heterocycles. The first-order valence-electron chi connectivity index (χ1n) is 8.46. The number of carbonyl (C=O) groups is 1. The maximum absolute atomic E-state index is 12.8. The molecule has 1 aromatic rings. The molecule has 0 spiro atoms. The van der Waals surface area contributed by atoms with Crippen LogP contribution in [0, 0.1) is 11.8 Å². The molecule has 4 unspecified atom stereocenters. The fourth-order valence-electron chi connectivity index (χ4n) is 4.04. The largest absolute Gasteiger partial charge is 0.416 e. The number of halogens is 4. The summed E-state index contributed by atoms with van der Waals surface area (Å²) in [6.45, 7) is 3.24. The van der Waals surface area contributed by atoms with Crippen LogP contribution in [0.25, 0.3) is 0 Å². The minimum atomic E-state index is -4.36. The van der Waals surface area contributed by atoms with Crippen LogP contribution < -0.4 is 5.73 Å².